The standard InChI is InChI=1S/C27H39FN2O3/c28-23-6-4-21(5-7-23)27(33)22-12-15-30(16-13-22)14-11-19-1-8-24(9-2-19)29-26(32)18-20-3-10-25(31)17-20/h4-7,19-20,22,24-25,31H,1-3,8-18H2,(H,29,32)/t19-,20-,24-,25-/m0/s1. The number of likely N-dealkylation sites (tertiary alicyclic amines) is 1. The highest BCUT2D eigenvalue weighted by molar-refractivity contribution is 5.97. The number of hydrogen-bond donors (Lipinski definition) is 2. The van der Waals surface area contributed by atoms with Crippen molar-refractivity contribution in [2.24, 2.45) is 17.8 Å². The van der Waals surface area contributed by atoms with Gasteiger partial charge in [-0.25, -0.2) is 4.39 Å². The first-order chi connectivity index (χ1) is 16.0. The van der Waals surface area contributed by atoms with Crippen LogP contribution in [0, 0.1) is 23.6 Å². The minimum Gasteiger partial charge on any atom is -0.393 e. The number of halogens is 1. The van der Waals surface area contributed by atoms with E-state index in [4.69, 9.17) is 0 Å². The van der Waals surface area contributed by atoms with E-state index in [-0.39, 0.29) is 29.5 Å². The molecule has 5 nitrogen and oxygen atoms in total. The highest BCUT2D eigenvalue weighted by Crippen LogP contribution is 2.30. The number of carbonyl (C=O) groups excluding carboxylic acids is 2. The summed E-state index contributed by atoms with van der Waals surface area (Å²) in [6.45, 7) is 3.00. The van der Waals surface area contributed by atoms with Gasteiger partial charge in [-0.3, -0.25) is 9.59 Å². The largest absolute Gasteiger partial charge is 0.393 e. The Morgan fingerprint density at radius 1 is 0.939 bits per heavy atom. The number of carbonyl (C=O) groups is 2. The van der Waals surface area contributed by atoms with Crippen molar-refractivity contribution < 1.29 is 19.1 Å². The molecule has 1 aliphatic heterocycles. The zero-order valence-electron chi connectivity index (χ0n) is 19.7. The molecule has 182 valence electrons. The lowest BCUT2D eigenvalue weighted by Gasteiger charge is -2.34. The van der Waals surface area contributed by atoms with Crippen LogP contribution in [0.15, 0.2) is 24.3 Å². The molecule has 3 aliphatic rings. The van der Waals surface area contributed by atoms with E-state index >= 15 is 0 Å². The van der Waals surface area contributed by atoms with Crippen molar-refractivity contribution in [3.63, 3.8) is 0 Å². The van der Waals surface area contributed by atoms with E-state index in [1.54, 1.807) is 12.1 Å². The summed E-state index contributed by atoms with van der Waals surface area (Å²) in [5, 5.41) is 12.9. The first-order valence-corrected chi connectivity index (χ1v) is 13.0. The summed E-state index contributed by atoms with van der Waals surface area (Å²) in [7, 11) is 0. The van der Waals surface area contributed by atoms with Crippen LogP contribution in [0.4, 0.5) is 4.39 Å². The fourth-order valence-electron chi connectivity index (χ4n) is 6.01. The summed E-state index contributed by atoms with van der Waals surface area (Å²) >= 11 is 0. The first-order valence-electron chi connectivity index (χ1n) is 13.0. The number of aliphatic hydroxyl groups is 1. The van der Waals surface area contributed by atoms with E-state index in [0.29, 0.717) is 23.9 Å². The van der Waals surface area contributed by atoms with Gasteiger partial charge >= 0.3 is 0 Å². The third-order valence-corrected chi connectivity index (χ3v) is 8.14. The number of hydrogen-bond acceptors (Lipinski definition) is 4. The maximum absolute atomic E-state index is 13.1. The molecule has 2 N–H and O–H groups in total. The van der Waals surface area contributed by atoms with Crippen molar-refractivity contribution in [2.75, 3.05) is 19.6 Å². The smallest absolute Gasteiger partial charge is 0.220 e. The first kappa shape index (κ1) is 24.3. The van der Waals surface area contributed by atoms with Crippen molar-refractivity contribution in [3.05, 3.63) is 35.6 Å². The topological polar surface area (TPSA) is 69.6 Å². The van der Waals surface area contributed by atoms with E-state index < -0.39 is 0 Å². The van der Waals surface area contributed by atoms with Crippen LogP contribution in [0.3, 0.4) is 0 Å². The van der Waals surface area contributed by atoms with Gasteiger partial charge in [0.25, 0.3) is 0 Å². The molecule has 1 aromatic carbocycles. The van der Waals surface area contributed by atoms with Crippen molar-refractivity contribution in [1.82, 2.24) is 10.2 Å². The van der Waals surface area contributed by atoms with Crippen LogP contribution in [0.1, 0.15) is 81.0 Å². The van der Waals surface area contributed by atoms with Gasteiger partial charge in [0.15, 0.2) is 5.78 Å². The molecule has 1 aromatic rings. The van der Waals surface area contributed by atoms with E-state index in [9.17, 15) is 19.1 Å². The lowest BCUT2D eigenvalue weighted by Crippen LogP contribution is -2.39. The zero-order chi connectivity index (χ0) is 23.2. The molecule has 0 bridgehead atoms. The van der Waals surface area contributed by atoms with E-state index in [1.807, 2.05) is 0 Å². The molecule has 4 rings (SSSR count). The van der Waals surface area contributed by atoms with Gasteiger partial charge in [-0.1, -0.05) is 0 Å². The van der Waals surface area contributed by atoms with Gasteiger partial charge in [0.05, 0.1) is 6.10 Å². The Bertz CT molecular complexity index is 783. The quantitative estimate of drug-likeness (QED) is 0.569. The molecular weight excluding hydrogens is 419 g/mol. The normalized spacial score (nSPS) is 29.2. The van der Waals surface area contributed by atoms with E-state index in [2.05, 4.69) is 10.2 Å². The maximum Gasteiger partial charge on any atom is 0.220 e. The molecule has 1 amide bonds. The lowest BCUT2D eigenvalue weighted by molar-refractivity contribution is -0.123. The predicted octanol–water partition coefficient (Wildman–Crippen LogP) is 4.34. The van der Waals surface area contributed by atoms with Crippen LogP contribution in [0.25, 0.3) is 0 Å². The fourth-order valence-corrected chi connectivity index (χ4v) is 6.01. The number of Topliss-reactive ketones (excluding diaryl/α,β-unsaturated/α-hetero) is 1. The summed E-state index contributed by atoms with van der Waals surface area (Å²) < 4.78 is 13.1. The molecule has 1 saturated heterocycles. The summed E-state index contributed by atoms with van der Waals surface area (Å²) in [5.41, 5.74) is 0.625. The summed E-state index contributed by atoms with van der Waals surface area (Å²) in [6.07, 6.45) is 10.4. The van der Waals surface area contributed by atoms with Crippen LogP contribution in [-0.2, 0) is 4.79 Å². The number of nitrogens with zero attached hydrogens (tertiary/aromatic N) is 1. The molecule has 0 unspecified atom stereocenters. The van der Waals surface area contributed by atoms with Crippen LogP contribution < -0.4 is 5.32 Å². The number of nitrogens with one attached hydrogen (secondary N) is 1. The Labute approximate surface area is 197 Å². The van der Waals surface area contributed by atoms with Gasteiger partial charge in [-0.2, -0.15) is 0 Å². The van der Waals surface area contributed by atoms with Gasteiger partial charge in [-0.05, 0) is 120 Å². The number of amides is 1. The second kappa shape index (κ2) is 11.6. The van der Waals surface area contributed by atoms with E-state index in [1.165, 1.54) is 31.4 Å². The third-order valence-electron chi connectivity index (χ3n) is 8.14. The Balaban J connectivity index is 1.09. The Morgan fingerprint density at radius 3 is 2.24 bits per heavy atom. The average Bonchev–Trinajstić information content (AvgIpc) is 3.23. The Kier molecular flexibility index (Phi) is 8.53. The molecule has 0 radical (unpaired) electrons. The molecule has 0 spiro atoms. The minimum absolute atomic E-state index is 0.0539. The molecule has 2 aliphatic carbocycles. The van der Waals surface area contributed by atoms with Crippen molar-refractivity contribution in [3.8, 4) is 0 Å². The molecule has 1 heterocycles. The maximum atomic E-state index is 13.1. The second-order valence-electron chi connectivity index (χ2n) is 10.6. The second-order valence-corrected chi connectivity index (χ2v) is 10.6. The van der Waals surface area contributed by atoms with Crippen LogP contribution >= 0.6 is 0 Å². The molecule has 3 fully saturated rings. The minimum atomic E-state index is -0.303. The van der Waals surface area contributed by atoms with Gasteiger partial charge in [0, 0.05) is 23.9 Å². The summed E-state index contributed by atoms with van der Waals surface area (Å²) in [4.78, 5) is 27.5. The molecule has 2 atom stereocenters. The zero-order valence-corrected chi connectivity index (χ0v) is 19.7. The van der Waals surface area contributed by atoms with E-state index in [0.717, 1.165) is 70.5 Å². The number of piperidine rings is 1. The summed E-state index contributed by atoms with van der Waals surface area (Å²) in [5.74, 6) is 1.14. The van der Waals surface area contributed by atoms with Crippen LogP contribution in [-0.4, -0.2) is 53.5 Å². The molecular formula is C27H39FN2O3. The Hall–Kier alpha value is -1.79. The summed E-state index contributed by atoms with van der Waals surface area (Å²) in [6, 6.07) is 6.24. The van der Waals surface area contributed by atoms with Gasteiger partial charge in [0.2, 0.25) is 5.91 Å². The highest BCUT2D eigenvalue weighted by atomic mass is 19.1. The van der Waals surface area contributed by atoms with Crippen molar-refractivity contribution >= 4 is 11.7 Å². The highest BCUT2D eigenvalue weighted by Gasteiger charge is 2.29. The van der Waals surface area contributed by atoms with Crippen LogP contribution in [0.2, 0.25) is 0 Å². The van der Waals surface area contributed by atoms with Crippen molar-refractivity contribution in [1.29, 1.82) is 0 Å². The molecule has 0 aromatic heterocycles. The SMILES string of the molecule is O=C(C[C@H]1CC[C@H](O)C1)N[C@H]1CC[C@H](CCN2CCC(C(=O)c3ccc(F)cc3)CC2)CC1. The molecule has 2 saturated carbocycles. The lowest BCUT2D eigenvalue weighted by atomic mass is 9.83. The number of aliphatic hydroxyl groups excluding tert-OH is 1. The van der Waals surface area contributed by atoms with Crippen molar-refractivity contribution in [2.45, 2.75) is 82.8 Å². The molecule has 33 heavy (non-hydrogen) atoms. The third kappa shape index (κ3) is 7.10. The van der Waals surface area contributed by atoms with Gasteiger partial charge < -0.3 is 15.3 Å². The average molecular weight is 459 g/mol. The number of ketones is 1. The van der Waals surface area contributed by atoms with Gasteiger partial charge in [-0.15, -0.1) is 0 Å². The fraction of sp³-hybridized carbons (Fsp3) is 0.704. The Morgan fingerprint density at radius 2 is 1.61 bits per heavy atom. The number of benzene rings is 1. The monoisotopic (exact) mass is 458 g/mol. The van der Waals surface area contributed by atoms with Crippen LogP contribution in [0.5, 0.6) is 0 Å². The predicted molar refractivity (Wildman–Crippen MR) is 126 cm³/mol. The number of rotatable bonds is 8. The molecule has 6 heteroatoms. The van der Waals surface area contributed by atoms with Gasteiger partial charge in [0.1, 0.15) is 5.82 Å².